The number of fused-ring (bicyclic) bond motifs is 5. The second kappa shape index (κ2) is 7.77. The molecule has 0 aliphatic carbocycles. The number of aromatic nitrogens is 4. The van der Waals surface area contributed by atoms with Gasteiger partial charge in [0.15, 0.2) is 11.5 Å². The number of pyridine rings is 1. The summed E-state index contributed by atoms with van der Waals surface area (Å²) in [6, 6.07) is 8.46. The van der Waals surface area contributed by atoms with Gasteiger partial charge in [-0.15, -0.1) is 0 Å². The van der Waals surface area contributed by atoms with E-state index in [0.717, 1.165) is 59.4 Å². The van der Waals surface area contributed by atoms with Crippen molar-refractivity contribution >= 4 is 28.5 Å². The predicted octanol–water partition coefficient (Wildman–Crippen LogP) is 2.94. The van der Waals surface area contributed by atoms with Crippen LogP contribution in [0.2, 0.25) is 0 Å². The third-order valence-corrected chi connectivity index (χ3v) is 6.37. The van der Waals surface area contributed by atoms with Crippen LogP contribution in [0, 0.1) is 0 Å². The molecule has 1 atom stereocenters. The zero-order valence-corrected chi connectivity index (χ0v) is 18.4. The van der Waals surface area contributed by atoms with Crippen LogP contribution < -0.4 is 25.0 Å². The predicted molar refractivity (Wildman–Crippen MR) is 127 cm³/mol. The Morgan fingerprint density at radius 1 is 1.09 bits per heavy atom. The fourth-order valence-electron chi connectivity index (χ4n) is 4.70. The van der Waals surface area contributed by atoms with E-state index in [1.165, 1.54) is 0 Å². The van der Waals surface area contributed by atoms with Crippen molar-refractivity contribution in [2.45, 2.75) is 6.04 Å². The zero-order valence-electron chi connectivity index (χ0n) is 18.4. The Bertz CT molecular complexity index is 1390. The van der Waals surface area contributed by atoms with Crippen LogP contribution in [0.5, 0.6) is 11.6 Å². The molecule has 7 rings (SSSR count). The molecule has 1 saturated heterocycles. The molecule has 10 nitrogen and oxygen atoms in total. The van der Waals surface area contributed by atoms with Crippen molar-refractivity contribution in [3.63, 3.8) is 0 Å². The maximum Gasteiger partial charge on any atom is 0.237 e. The lowest BCUT2D eigenvalue weighted by atomic mass is 10.1. The van der Waals surface area contributed by atoms with E-state index in [2.05, 4.69) is 37.6 Å². The molecule has 3 aliphatic heterocycles. The fourth-order valence-corrected chi connectivity index (χ4v) is 4.70. The number of morpholine rings is 1. The highest BCUT2D eigenvalue weighted by Crippen LogP contribution is 2.38. The van der Waals surface area contributed by atoms with Gasteiger partial charge in [0.1, 0.15) is 19.0 Å². The van der Waals surface area contributed by atoms with E-state index in [9.17, 15) is 0 Å². The van der Waals surface area contributed by atoms with Crippen molar-refractivity contribution in [2.24, 2.45) is 0 Å². The van der Waals surface area contributed by atoms with Crippen LogP contribution in [-0.4, -0.2) is 64.9 Å². The van der Waals surface area contributed by atoms with Crippen molar-refractivity contribution in [2.75, 3.05) is 55.1 Å². The molecule has 4 aromatic rings. The van der Waals surface area contributed by atoms with E-state index in [0.29, 0.717) is 31.5 Å². The van der Waals surface area contributed by atoms with Crippen LogP contribution >= 0.6 is 0 Å². The van der Waals surface area contributed by atoms with Crippen LogP contribution in [0.1, 0.15) is 0 Å². The number of nitrogens with one attached hydrogen (secondary N) is 2. The maximum absolute atomic E-state index is 6.06. The second-order valence-electron chi connectivity index (χ2n) is 8.53. The van der Waals surface area contributed by atoms with Crippen LogP contribution in [0.4, 0.5) is 22.9 Å². The minimum atomic E-state index is 0.271. The number of hydrogen-bond acceptors (Lipinski definition) is 9. The standard InChI is InChI=1S/C24H23N7O3/c1-2-20-21(34-14-17-13-32-8-6-31(17)20)10-16(1)28-22-23-26-3-5-30(23)12-19(29-22)15-9-18-24(27-11-15)33-7-4-25-18/h1-3,5,9-12,17,25H,4,6-8,13-14H2,(H,28,29)/t17-/m1/s1. The average molecular weight is 457 g/mol. The third-order valence-electron chi connectivity index (χ3n) is 6.37. The third kappa shape index (κ3) is 3.26. The molecule has 1 aromatic carbocycles. The summed E-state index contributed by atoms with van der Waals surface area (Å²) in [4.78, 5) is 16.2. The molecular formula is C24H23N7O3. The molecule has 3 aliphatic rings. The summed E-state index contributed by atoms with van der Waals surface area (Å²) in [7, 11) is 0. The van der Waals surface area contributed by atoms with E-state index in [-0.39, 0.29) is 6.04 Å². The van der Waals surface area contributed by atoms with Crippen molar-refractivity contribution in [1.29, 1.82) is 0 Å². The number of anilines is 4. The first-order valence-corrected chi connectivity index (χ1v) is 11.4. The van der Waals surface area contributed by atoms with Gasteiger partial charge in [0.25, 0.3) is 0 Å². The van der Waals surface area contributed by atoms with Crippen molar-refractivity contribution in [3.05, 3.63) is 49.1 Å². The number of imidazole rings is 1. The molecule has 6 heterocycles. The molecule has 0 spiro atoms. The zero-order chi connectivity index (χ0) is 22.5. The molecule has 0 bridgehead atoms. The molecule has 0 unspecified atom stereocenters. The number of rotatable bonds is 3. The van der Waals surface area contributed by atoms with Crippen LogP contribution in [-0.2, 0) is 4.74 Å². The van der Waals surface area contributed by atoms with Crippen LogP contribution in [0.3, 0.4) is 0 Å². The van der Waals surface area contributed by atoms with Crippen molar-refractivity contribution < 1.29 is 14.2 Å². The summed E-state index contributed by atoms with van der Waals surface area (Å²) in [5, 5.41) is 6.78. The number of benzene rings is 1. The molecule has 34 heavy (non-hydrogen) atoms. The smallest absolute Gasteiger partial charge is 0.237 e. The van der Waals surface area contributed by atoms with Gasteiger partial charge in [0.05, 0.1) is 36.3 Å². The Morgan fingerprint density at radius 3 is 3.09 bits per heavy atom. The first-order valence-electron chi connectivity index (χ1n) is 11.4. The summed E-state index contributed by atoms with van der Waals surface area (Å²) < 4.78 is 19.2. The van der Waals surface area contributed by atoms with Gasteiger partial charge in [-0.05, 0) is 18.2 Å². The topological polar surface area (TPSA) is 98.1 Å². The quantitative estimate of drug-likeness (QED) is 0.481. The van der Waals surface area contributed by atoms with Crippen molar-refractivity contribution in [3.8, 4) is 22.9 Å². The van der Waals surface area contributed by atoms with Gasteiger partial charge < -0.3 is 34.1 Å². The number of nitrogens with zero attached hydrogens (tertiary/aromatic N) is 5. The fraction of sp³-hybridized carbons (Fsp3) is 0.292. The molecular weight excluding hydrogens is 434 g/mol. The monoisotopic (exact) mass is 457 g/mol. The molecule has 3 aromatic heterocycles. The highest BCUT2D eigenvalue weighted by Gasteiger charge is 2.30. The van der Waals surface area contributed by atoms with E-state index in [1.807, 2.05) is 28.9 Å². The summed E-state index contributed by atoms with van der Waals surface area (Å²) in [5.41, 5.74) is 5.27. The maximum atomic E-state index is 6.06. The molecule has 172 valence electrons. The Balaban J connectivity index is 1.24. The van der Waals surface area contributed by atoms with Gasteiger partial charge in [-0.25, -0.2) is 15.0 Å². The Morgan fingerprint density at radius 2 is 2.09 bits per heavy atom. The summed E-state index contributed by atoms with van der Waals surface area (Å²) >= 11 is 0. The van der Waals surface area contributed by atoms with E-state index < -0.39 is 0 Å². The molecule has 10 heteroatoms. The van der Waals surface area contributed by atoms with Crippen molar-refractivity contribution in [1.82, 2.24) is 19.4 Å². The molecule has 0 radical (unpaired) electrons. The second-order valence-corrected chi connectivity index (χ2v) is 8.53. The van der Waals surface area contributed by atoms with E-state index in [1.54, 1.807) is 12.4 Å². The summed E-state index contributed by atoms with van der Waals surface area (Å²) in [5.74, 6) is 2.14. The molecule has 0 amide bonds. The highest BCUT2D eigenvalue weighted by molar-refractivity contribution is 5.77. The van der Waals surface area contributed by atoms with Gasteiger partial charge in [0.2, 0.25) is 5.88 Å². The summed E-state index contributed by atoms with van der Waals surface area (Å²) in [6.45, 7) is 4.31. The van der Waals surface area contributed by atoms with E-state index >= 15 is 0 Å². The lowest BCUT2D eigenvalue weighted by molar-refractivity contribution is 0.0705. The molecule has 2 N–H and O–H groups in total. The largest absolute Gasteiger partial charge is 0.489 e. The van der Waals surface area contributed by atoms with Gasteiger partial charge in [-0.2, -0.15) is 0 Å². The van der Waals surface area contributed by atoms with Crippen LogP contribution in [0.25, 0.3) is 16.9 Å². The minimum Gasteiger partial charge on any atom is -0.489 e. The van der Waals surface area contributed by atoms with Gasteiger partial charge in [-0.3, -0.25) is 0 Å². The number of ether oxygens (including phenoxy) is 3. The first-order chi connectivity index (χ1) is 16.8. The number of hydrogen-bond donors (Lipinski definition) is 2. The SMILES string of the molecule is c1cn2cc(-c3cnc4c(c3)NCCO4)nc(Nc3ccc4c(c3)OC[C@H]3COCCN43)c2n1. The normalized spacial score (nSPS) is 18.7. The molecule has 0 saturated carbocycles. The average Bonchev–Trinajstić information content (AvgIpc) is 3.37. The summed E-state index contributed by atoms with van der Waals surface area (Å²) in [6.07, 6.45) is 7.41. The lowest BCUT2D eigenvalue weighted by Crippen LogP contribution is -2.51. The highest BCUT2D eigenvalue weighted by atomic mass is 16.5. The Labute approximate surface area is 195 Å². The van der Waals surface area contributed by atoms with E-state index in [4.69, 9.17) is 19.2 Å². The van der Waals surface area contributed by atoms with Crippen LogP contribution in [0.15, 0.2) is 49.1 Å². The Kier molecular flexibility index (Phi) is 4.44. The van der Waals surface area contributed by atoms with Gasteiger partial charge >= 0.3 is 0 Å². The molecule has 1 fully saturated rings. The minimum absolute atomic E-state index is 0.271. The van der Waals surface area contributed by atoms with Gasteiger partial charge in [0, 0.05) is 55.2 Å². The lowest BCUT2D eigenvalue weighted by Gasteiger charge is -2.41. The first kappa shape index (κ1) is 19.4. The van der Waals surface area contributed by atoms with Gasteiger partial charge in [-0.1, -0.05) is 0 Å². The Hall–Kier alpha value is -4.05.